The van der Waals surface area contributed by atoms with E-state index in [-0.39, 0.29) is 0 Å². The van der Waals surface area contributed by atoms with Gasteiger partial charge in [0.25, 0.3) is 0 Å². The number of nitrogens with zero attached hydrogens (tertiary/aromatic N) is 1. The molecule has 0 saturated heterocycles. The average molecular weight is 203 g/mol. The molecule has 1 unspecified atom stereocenters. The van der Waals surface area contributed by atoms with Gasteiger partial charge in [-0.05, 0) is 44.4 Å². The van der Waals surface area contributed by atoms with Crippen molar-refractivity contribution in [3.8, 4) is 6.07 Å². The third-order valence-corrected chi connectivity index (χ3v) is 2.79. The molecule has 80 valence electrons. The fraction of sp³-hybridized carbons (Fsp3) is 0.462. The Bertz CT molecular complexity index is 381. The van der Waals surface area contributed by atoms with Gasteiger partial charge in [0.1, 0.15) is 0 Å². The minimum absolute atomic E-state index is 0.733. The topological polar surface area (TPSA) is 44.0 Å². The molecule has 1 aromatic rings. The Hall–Kier alpha value is -1.33. The van der Waals surface area contributed by atoms with E-state index >= 15 is 0 Å². The first-order chi connectivity index (χ1) is 6.90. The Labute approximate surface area is 91.2 Å². The SMILES string of the molecule is Cc1cccc(C)c1C(O)C(C)(C)C#N. The molecule has 1 rings (SSSR count). The monoisotopic (exact) mass is 203 g/mol. The quantitative estimate of drug-likeness (QED) is 0.803. The number of nitriles is 1. The largest absolute Gasteiger partial charge is 0.387 e. The molecule has 1 aromatic carbocycles. The van der Waals surface area contributed by atoms with E-state index in [2.05, 4.69) is 6.07 Å². The van der Waals surface area contributed by atoms with Crippen molar-refractivity contribution >= 4 is 0 Å². The summed E-state index contributed by atoms with van der Waals surface area (Å²) in [5, 5.41) is 19.2. The number of aliphatic hydroxyl groups excluding tert-OH is 1. The maximum atomic E-state index is 10.2. The van der Waals surface area contributed by atoms with Gasteiger partial charge in [-0.1, -0.05) is 18.2 Å². The Morgan fingerprint density at radius 2 is 1.73 bits per heavy atom. The first-order valence-corrected chi connectivity index (χ1v) is 5.05. The number of aliphatic hydroxyl groups is 1. The van der Waals surface area contributed by atoms with Crippen LogP contribution < -0.4 is 0 Å². The van der Waals surface area contributed by atoms with Crippen molar-refractivity contribution in [1.29, 1.82) is 5.26 Å². The van der Waals surface area contributed by atoms with Crippen molar-refractivity contribution in [2.75, 3.05) is 0 Å². The lowest BCUT2D eigenvalue weighted by atomic mass is 9.81. The van der Waals surface area contributed by atoms with Gasteiger partial charge >= 0.3 is 0 Å². The summed E-state index contributed by atoms with van der Waals surface area (Å²) in [6.07, 6.45) is -0.733. The smallest absolute Gasteiger partial charge is 0.0975 e. The summed E-state index contributed by atoms with van der Waals surface area (Å²) in [5.41, 5.74) is 2.19. The van der Waals surface area contributed by atoms with Crippen LogP contribution >= 0.6 is 0 Å². The van der Waals surface area contributed by atoms with Gasteiger partial charge in [0.05, 0.1) is 17.6 Å². The highest BCUT2D eigenvalue weighted by molar-refractivity contribution is 5.37. The molecule has 0 aliphatic heterocycles. The minimum Gasteiger partial charge on any atom is -0.387 e. The van der Waals surface area contributed by atoms with E-state index in [1.165, 1.54) is 0 Å². The summed E-state index contributed by atoms with van der Waals surface area (Å²) in [6, 6.07) is 8.02. The van der Waals surface area contributed by atoms with Crippen LogP contribution in [0.25, 0.3) is 0 Å². The molecule has 15 heavy (non-hydrogen) atoms. The van der Waals surface area contributed by atoms with Crippen LogP contribution in [-0.4, -0.2) is 5.11 Å². The van der Waals surface area contributed by atoms with Gasteiger partial charge in [-0.25, -0.2) is 0 Å². The summed E-state index contributed by atoms with van der Waals surface area (Å²) in [4.78, 5) is 0. The summed E-state index contributed by atoms with van der Waals surface area (Å²) in [5.74, 6) is 0. The van der Waals surface area contributed by atoms with E-state index in [1.54, 1.807) is 13.8 Å². The first-order valence-electron chi connectivity index (χ1n) is 5.05. The molecule has 0 saturated carbocycles. The number of rotatable bonds is 2. The third kappa shape index (κ3) is 2.19. The normalized spacial score (nSPS) is 13.3. The van der Waals surface area contributed by atoms with E-state index in [4.69, 9.17) is 5.26 Å². The van der Waals surface area contributed by atoms with Crippen LogP contribution in [0.3, 0.4) is 0 Å². The Balaban J connectivity index is 3.24. The molecule has 2 nitrogen and oxygen atoms in total. The second kappa shape index (κ2) is 4.04. The second-order valence-corrected chi connectivity index (χ2v) is 4.54. The lowest BCUT2D eigenvalue weighted by Crippen LogP contribution is -2.21. The van der Waals surface area contributed by atoms with Crippen molar-refractivity contribution in [2.24, 2.45) is 5.41 Å². The highest BCUT2D eigenvalue weighted by Crippen LogP contribution is 2.35. The molecule has 0 aromatic heterocycles. The third-order valence-electron chi connectivity index (χ3n) is 2.79. The van der Waals surface area contributed by atoms with Crippen molar-refractivity contribution in [3.05, 3.63) is 34.9 Å². The van der Waals surface area contributed by atoms with E-state index < -0.39 is 11.5 Å². The maximum absolute atomic E-state index is 10.2. The van der Waals surface area contributed by atoms with Crippen molar-refractivity contribution in [3.63, 3.8) is 0 Å². The molecule has 0 radical (unpaired) electrons. The van der Waals surface area contributed by atoms with Gasteiger partial charge in [0, 0.05) is 0 Å². The Kier molecular flexibility index (Phi) is 3.16. The van der Waals surface area contributed by atoms with Crippen LogP contribution in [0.5, 0.6) is 0 Å². The fourth-order valence-corrected chi connectivity index (χ4v) is 1.68. The molecule has 0 fully saturated rings. The average Bonchev–Trinajstić information content (AvgIpc) is 2.17. The molecule has 0 aliphatic carbocycles. The lowest BCUT2D eigenvalue weighted by Gasteiger charge is -2.26. The highest BCUT2D eigenvalue weighted by Gasteiger charge is 2.30. The molecule has 0 bridgehead atoms. The highest BCUT2D eigenvalue weighted by atomic mass is 16.3. The predicted octanol–water partition coefficient (Wildman–Crippen LogP) is 2.89. The molecule has 1 atom stereocenters. The van der Waals surface area contributed by atoms with Gasteiger partial charge in [-0.15, -0.1) is 0 Å². The van der Waals surface area contributed by atoms with Gasteiger partial charge in [0.2, 0.25) is 0 Å². The number of hydrogen-bond acceptors (Lipinski definition) is 2. The lowest BCUT2D eigenvalue weighted by molar-refractivity contribution is 0.0856. The van der Waals surface area contributed by atoms with Crippen LogP contribution in [0.1, 0.15) is 36.6 Å². The maximum Gasteiger partial charge on any atom is 0.0975 e. The summed E-state index contributed by atoms with van der Waals surface area (Å²) >= 11 is 0. The zero-order valence-electron chi connectivity index (χ0n) is 9.70. The van der Waals surface area contributed by atoms with E-state index in [0.29, 0.717) is 0 Å². The van der Waals surface area contributed by atoms with Gasteiger partial charge in [-0.2, -0.15) is 5.26 Å². The van der Waals surface area contributed by atoms with Crippen LogP contribution in [0.2, 0.25) is 0 Å². The fourth-order valence-electron chi connectivity index (χ4n) is 1.68. The zero-order chi connectivity index (χ0) is 11.6. The molecule has 0 heterocycles. The Morgan fingerprint density at radius 1 is 1.27 bits per heavy atom. The van der Waals surface area contributed by atoms with E-state index in [0.717, 1.165) is 16.7 Å². The minimum atomic E-state index is -0.753. The Morgan fingerprint density at radius 3 is 2.13 bits per heavy atom. The first kappa shape index (κ1) is 11.7. The zero-order valence-corrected chi connectivity index (χ0v) is 9.70. The number of hydrogen-bond donors (Lipinski definition) is 1. The summed E-state index contributed by atoms with van der Waals surface area (Å²) in [6.45, 7) is 7.42. The van der Waals surface area contributed by atoms with Crippen molar-refractivity contribution < 1.29 is 5.11 Å². The molecular weight excluding hydrogens is 186 g/mol. The standard InChI is InChI=1S/C13H17NO/c1-9-6-5-7-10(2)11(9)12(15)13(3,4)8-14/h5-7,12,15H,1-4H3. The van der Waals surface area contributed by atoms with Gasteiger partial charge in [-0.3, -0.25) is 0 Å². The van der Waals surface area contributed by atoms with Crippen molar-refractivity contribution in [1.82, 2.24) is 0 Å². The molecule has 2 heteroatoms. The van der Waals surface area contributed by atoms with Gasteiger partial charge < -0.3 is 5.11 Å². The second-order valence-electron chi connectivity index (χ2n) is 4.54. The van der Waals surface area contributed by atoms with Crippen LogP contribution in [0.15, 0.2) is 18.2 Å². The number of benzene rings is 1. The van der Waals surface area contributed by atoms with Crippen molar-refractivity contribution in [2.45, 2.75) is 33.8 Å². The molecular formula is C13H17NO. The van der Waals surface area contributed by atoms with Gasteiger partial charge in [0.15, 0.2) is 0 Å². The molecule has 0 aliphatic rings. The molecule has 1 N–H and O–H groups in total. The summed E-state index contributed by atoms with van der Waals surface area (Å²) < 4.78 is 0. The van der Waals surface area contributed by atoms with Crippen LogP contribution in [0.4, 0.5) is 0 Å². The van der Waals surface area contributed by atoms with E-state index in [9.17, 15) is 5.11 Å². The van der Waals surface area contributed by atoms with Crippen LogP contribution in [0, 0.1) is 30.6 Å². The predicted molar refractivity (Wildman–Crippen MR) is 60.3 cm³/mol. The summed E-state index contributed by atoms with van der Waals surface area (Å²) in [7, 11) is 0. The number of aryl methyl sites for hydroxylation is 2. The van der Waals surface area contributed by atoms with E-state index in [1.807, 2.05) is 32.0 Å². The molecule has 0 spiro atoms. The van der Waals surface area contributed by atoms with Crippen LogP contribution in [-0.2, 0) is 0 Å². The molecule has 0 amide bonds.